The van der Waals surface area contributed by atoms with Gasteiger partial charge in [0.05, 0.1) is 14.2 Å². The first-order chi connectivity index (χ1) is 9.65. The molecule has 0 amide bonds. The minimum Gasteiger partial charge on any atom is -0.496 e. The predicted octanol–water partition coefficient (Wildman–Crippen LogP) is 1.82. The second kappa shape index (κ2) is 8.05. The summed E-state index contributed by atoms with van der Waals surface area (Å²) in [6.45, 7) is 2.88. The molecule has 0 spiro atoms. The molecule has 0 radical (unpaired) electrons. The van der Waals surface area contributed by atoms with Gasteiger partial charge in [-0.15, -0.1) is 12.4 Å². The van der Waals surface area contributed by atoms with Gasteiger partial charge < -0.3 is 19.5 Å². The summed E-state index contributed by atoms with van der Waals surface area (Å²) < 4.78 is 15.8. The van der Waals surface area contributed by atoms with Crippen LogP contribution in [-0.2, 0) is 4.74 Å². The molecule has 1 N–H and O–H groups in total. The Kier molecular flexibility index (Phi) is 6.71. The number of piperidine rings is 1. The molecule has 0 aromatic carbocycles. The lowest BCUT2D eigenvalue weighted by atomic mass is 10.0. The molecule has 2 atom stereocenters. The van der Waals surface area contributed by atoms with E-state index >= 15 is 0 Å². The van der Waals surface area contributed by atoms with E-state index in [1.165, 1.54) is 14.2 Å². The van der Waals surface area contributed by atoms with Gasteiger partial charge in [0.15, 0.2) is 5.56 Å². The maximum Gasteiger partial charge on any atom is 0.347 e. The van der Waals surface area contributed by atoms with Crippen molar-refractivity contribution in [3.05, 3.63) is 17.8 Å². The minimum absolute atomic E-state index is 0. The maximum atomic E-state index is 11.9. The topological polar surface area (TPSA) is 69.7 Å². The van der Waals surface area contributed by atoms with Crippen molar-refractivity contribution >= 4 is 18.4 Å². The van der Waals surface area contributed by atoms with Crippen LogP contribution in [0, 0.1) is 0 Å². The third kappa shape index (κ3) is 4.22. The number of carbonyl (C=O) groups is 1. The summed E-state index contributed by atoms with van der Waals surface area (Å²) in [6, 6.07) is 2.11. The lowest BCUT2D eigenvalue weighted by Gasteiger charge is -2.28. The summed E-state index contributed by atoms with van der Waals surface area (Å²) in [5.41, 5.74) is 0.233. The number of ether oxygens (including phenoxy) is 3. The zero-order valence-corrected chi connectivity index (χ0v) is 13.2. The predicted molar refractivity (Wildman–Crippen MR) is 80.5 cm³/mol. The van der Waals surface area contributed by atoms with Gasteiger partial charge in [-0.3, -0.25) is 0 Å². The van der Waals surface area contributed by atoms with Gasteiger partial charge in [-0.25, -0.2) is 9.78 Å². The smallest absolute Gasteiger partial charge is 0.347 e. The molecule has 21 heavy (non-hydrogen) atoms. The Morgan fingerprint density at radius 1 is 1.38 bits per heavy atom. The first kappa shape index (κ1) is 17.5. The molecule has 1 aromatic rings. The largest absolute Gasteiger partial charge is 0.496 e. The van der Waals surface area contributed by atoms with Gasteiger partial charge >= 0.3 is 5.97 Å². The van der Waals surface area contributed by atoms with Crippen molar-refractivity contribution in [1.29, 1.82) is 0 Å². The molecular weight excluding hydrogens is 296 g/mol. The monoisotopic (exact) mass is 316 g/mol. The molecule has 0 unspecified atom stereocenters. The van der Waals surface area contributed by atoms with Crippen molar-refractivity contribution in [3.8, 4) is 11.6 Å². The number of rotatable bonds is 4. The average molecular weight is 317 g/mol. The molecule has 0 aliphatic carbocycles. The van der Waals surface area contributed by atoms with Crippen LogP contribution in [-0.4, -0.2) is 43.9 Å². The first-order valence-electron chi connectivity index (χ1n) is 6.67. The second-order valence-electron chi connectivity index (χ2n) is 4.81. The highest BCUT2D eigenvalue weighted by molar-refractivity contribution is 5.94. The van der Waals surface area contributed by atoms with E-state index in [2.05, 4.69) is 17.2 Å². The van der Waals surface area contributed by atoms with Crippen molar-refractivity contribution in [1.82, 2.24) is 10.3 Å². The van der Waals surface area contributed by atoms with E-state index in [0.29, 0.717) is 11.8 Å². The zero-order valence-electron chi connectivity index (χ0n) is 12.4. The lowest BCUT2D eigenvalue weighted by Crippen LogP contribution is -2.42. The van der Waals surface area contributed by atoms with E-state index in [-0.39, 0.29) is 30.0 Å². The Morgan fingerprint density at radius 2 is 2.14 bits per heavy atom. The van der Waals surface area contributed by atoms with E-state index in [0.717, 1.165) is 19.4 Å². The third-order valence-corrected chi connectivity index (χ3v) is 3.38. The Labute approximate surface area is 130 Å². The molecule has 0 bridgehead atoms. The minimum atomic E-state index is -0.512. The number of nitrogens with one attached hydrogen (secondary N) is 1. The number of hydrogen-bond acceptors (Lipinski definition) is 6. The summed E-state index contributed by atoms with van der Waals surface area (Å²) in [6.07, 6.45) is 3.50. The molecular formula is C14H21ClN2O4. The fraction of sp³-hybridized carbons (Fsp3) is 0.571. The molecule has 2 heterocycles. The molecule has 1 fully saturated rings. The highest BCUT2D eigenvalue weighted by atomic mass is 35.5. The van der Waals surface area contributed by atoms with E-state index in [1.54, 1.807) is 12.3 Å². The SMILES string of the molecule is COC(=O)c1c(OC)ccnc1O[C@@H]1CC[C@@H](C)NC1.Cl. The van der Waals surface area contributed by atoms with Gasteiger partial charge in [-0.2, -0.15) is 0 Å². The van der Waals surface area contributed by atoms with Gasteiger partial charge in [0.2, 0.25) is 5.88 Å². The lowest BCUT2D eigenvalue weighted by molar-refractivity contribution is 0.0584. The van der Waals surface area contributed by atoms with Gasteiger partial charge in [-0.1, -0.05) is 0 Å². The van der Waals surface area contributed by atoms with Crippen molar-refractivity contribution in [2.45, 2.75) is 31.9 Å². The molecule has 2 rings (SSSR count). The zero-order chi connectivity index (χ0) is 14.5. The van der Waals surface area contributed by atoms with Gasteiger partial charge in [0, 0.05) is 18.8 Å². The first-order valence-corrected chi connectivity index (χ1v) is 6.67. The highest BCUT2D eigenvalue weighted by Crippen LogP contribution is 2.28. The summed E-state index contributed by atoms with van der Waals surface area (Å²) in [5, 5.41) is 3.34. The average Bonchev–Trinajstić information content (AvgIpc) is 2.48. The summed E-state index contributed by atoms with van der Waals surface area (Å²) in [7, 11) is 2.82. The molecule has 1 aromatic heterocycles. The van der Waals surface area contributed by atoms with E-state index in [9.17, 15) is 4.79 Å². The van der Waals surface area contributed by atoms with Gasteiger partial charge in [-0.05, 0) is 25.8 Å². The second-order valence-corrected chi connectivity index (χ2v) is 4.81. The van der Waals surface area contributed by atoms with Crippen LogP contribution in [0.3, 0.4) is 0 Å². The molecule has 118 valence electrons. The Hall–Kier alpha value is -1.53. The Bertz CT molecular complexity index is 476. The van der Waals surface area contributed by atoms with Crippen LogP contribution in [0.15, 0.2) is 12.3 Å². The number of pyridine rings is 1. The van der Waals surface area contributed by atoms with E-state index < -0.39 is 5.97 Å². The van der Waals surface area contributed by atoms with Crippen molar-refractivity contribution in [2.24, 2.45) is 0 Å². The Balaban J connectivity index is 0.00000220. The van der Waals surface area contributed by atoms with Crippen LogP contribution in [0.25, 0.3) is 0 Å². The van der Waals surface area contributed by atoms with Crippen LogP contribution in [0.5, 0.6) is 11.6 Å². The van der Waals surface area contributed by atoms with Crippen molar-refractivity contribution < 1.29 is 19.0 Å². The normalized spacial score (nSPS) is 21.1. The summed E-state index contributed by atoms with van der Waals surface area (Å²) in [4.78, 5) is 16.0. The van der Waals surface area contributed by atoms with Crippen LogP contribution >= 0.6 is 12.4 Å². The number of carbonyl (C=O) groups excluding carboxylic acids is 1. The quantitative estimate of drug-likeness (QED) is 0.854. The number of aromatic nitrogens is 1. The number of esters is 1. The van der Waals surface area contributed by atoms with Crippen LogP contribution in [0.4, 0.5) is 0 Å². The molecule has 1 aliphatic heterocycles. The molecule has 0 saturated carbocycles. The standard InChI is InChI=1S/C14H20N2O4.ClH/c1-9-4-5-10(8-16-9)20-13-12(14(17)19-3)11(18-2)6-7-15-13;/h6-7,9-10,16H,4-5,8H2,1-3H3;1H/t9-,10-;/m1./s1. The number of halogens is 1. The molecule has 6 nitrogen and oxygen atoms in total. The maximum absolute atomic E-state index is 11.9. The Morgan fingerprint density at radius 3 is 2.71 bits per heavy atom. The van der Waals surface area contributed by atoms with Crippen molar-refractivity contribution in [3.63, 3.8) is 0 Å². The number of methoxy groups -OCH3 is 2. The molecule has 1 saturated heterocycles. The molecule has 1 aliphatic rings. The fourth-order valence-electron chi connectivity index (χ4n) is 2.21. The third-order valence-electron chi connectivity index (χ3n) is 3.38. The van der Waals surface area contributed by atoms with E-state index in [4.69, 9.17) is 14.2 Å². The van der Waals surface area contributed by atoms with Crippen LogP contribution in [0.1, 0.15) is 30.1 Å². The molecule has 7 heteroatoms. The van der Waals surface area contributed by atoms with E-state index in [1.807, 2.05) is 0 Å². The van der Waals surface area contributed by atoms with Gasteiger partial charge in [0.25, 0.3) is 0 Å². The van der Waals surface area contributed by atoms with Crippen LogP contribution < -0.4 is 14.8 Å². The van der Waals surface area contributed by atoms with Gasteiger partial charge in [0.1, 0.15) is 11.9 Å². The summed E-state index contributed by atoms with van der Waals surface area (Å²) in [5.74, 6) is 0.152. The van der Waals surface area contributed by atoms with Crippen molar-refractivity contribution in [2.75, 3.05) is 20.8 Å². The fourth-order valence-corrected chi connectivity index (χ4v) is 2.21. The highest BCUT2D eigenvalue weighted by Gasteiger charge is 2.25. The summed E-state index contributed by atoms with van der Waals surface area (Å²) >= 11 is 0. The number of hydrogen-bond donors (Lipinski definition) is 1. The van der Waals surface area contributed by atoms with Crippen LogP contribution in [0.2, 0.25) is 0 Å². The number of nitrogens with zero attached hydrogens (tertiary/aromatic N) is 1.